The summed E-state index contributed by atoms with van der Waals surface area (Å²) < 4.78 is 18.5. The lowest BCUT2D eigenvalue weighted by molar-refractivity contribution is 0.159. The maximum absolute atomic E-state index is 13.1. The normalized spacial score (nSPS) is 23.9. The van der Waals surface area contributed by atoms with Crippen molar-refractivity contribution < 1.29 is 13.9 Å². The third kappa shape index (κ3) is 4.29. The molecular weight excluding hydrogens is 333 g/mol. The smallest absolute Gasteiger partial charge is 0.317 e. The molecule has 0 bridgehead atoms. The van der Waals surface area contributed by atoms with Crippen LogP contribution in [0, 0.1) is 11.7 Å². The van der Waals surface area contributed by atoms with Crippen LogP contribution in [0.4, 0.5) is 14.9 Å². The maximum atomic E-state index is 13.1. The van der Waals surface area contributed by atoms with E-state index in [0.29, 0.717) is 12.0 Å². The van der Waals surface area contributed by atoms with E-state index in [9.17, 15) is 9.18 Å². The van der Waals surface area contributed by atoms with E-state index in [2.05, 4.69) is 10.2 Å². The molecule has 3 fully saturated rings. The Balaban J connectivity index is 1.27. The summed E-state index contributed by atoms with van der Waals surface area (Å²) >= 11 is 0. The second kappa shape index (κ2) is 7.82. The Labute approximate surface area is 154 Å². The van der Waals surface area contributed by atoms with Gasteiger partial charge in [0.2, 0.25) is 0 Å². The summed E-state index contributed by atoms with van der Waals surface area (Å²) in [5, 5.41) is 3.25. The molecule has 6 heteroatoms. The van der Waals surface area contributed by atoms with Crippen molar-refractivity contribution in [3.63, 3.8) is 0 Å². The van der Waals surface area contributed by atoms with Crippen LogP contribution in [0.25, 0.3) is 0 Å². The van der Waals surface area contributed by atoms with Gasteiger partial charge in [-0.25, -0.2) is 9.18 Å². The van der Waals surface area contributed by atoms with Gasteiger partial charge in [0, 0.05) is 49.9 Å². The molecule has 142 valence electrons. The first-order valence-corrected chi connectivity index (χ1v) is 9.84. The monoisotopic (exact) mass is 361 g/mol. The van der Waals surface area contributed by atoms with E-state index in [1.165, 1.54) is 12.1 Å². The second-order valence-corrected chi connectivity index (χ2v) is 7.80. The molecule has 0 unspecified atom stereocenters. The van der Waals surface area contributed by atoms with Gasteiger partial charge in [-0.2, -0.15) is 0 Å². The number of urea groups is 1. The van der Waals surface area contributed by atoms with Crippen LogP contribution in [-0.4, -0.2) is 55.9 Å². The highest BCUT2D eigenvalue weighted by Gasteiger charge is 2.35. The molecule has 3 aliphatic rings. The molecule has 2 saturated heterocycles. The van der Waals surface area contributed by atoms with Crippen LogP contribution in [0.1, 0.15) is 32.1 Å². The fourth-order valence-corrected chi connectivity index (χ4v) is 3.98. The Morgan fingerprint density at radius 2 is 1.88 bits per heavy atom. The molecule has 4 rings (SSSR count). The van der Waals surface area contributed by atoms with Gasteiger partial charge >= 0.3 is 6.03 Å². The van der Waals surface area contributed by atoms with E-state index in [1.807, 2.05) is 17.0 Å². The van der Waals surface area contributed by atoms with Gasteiger partial charge in [0.15, 0.2) is 0 Å². The fourth-order valence-electron chi connectivity index (χ4n) is 3.98. The van der Waals surface area contributed by atoms with E-state index in [1.54, 1.807) is 0 Å². The molecule has 1 aromatic carbocycles. The van der Waals surface area contributed by atoms with Gasteiger partial charge in [-0.1, -0.05) is 0 Å². The molecule has 0 aromatic heterocycles. The molecule has 2 aliphatic heterocycles. The molecule has 0 spiro atoms. The average Bonchev–Trinajstić information content (AvgIpc) is 3.36. The van der Waals surface area contributed by atoms with Crippen molar-refractivity contribution in [2.24, 2.45) is 5.92 Å². The Bertz CT molecular complexity index is 606. The van der Waals surface area contributed by atoms with E-state index < -0.39 is 0 Å². The van der Waals surface area contributed by atoms with Crippen molar-refractivity contribution in [2.75, 3.05) is 37.7 Å². The number of carbonyl (C=O) groups is 1. The highest BCUT2D eigenvalue weighted by Crippen LogP contribution is 2.29. The summed E-state index contributed by atoms with van der Waals surface area (Å²) in [5.74, 6) is 0.283. The van der Waals surface area contributed by atoms with Crippen LogP contribution >= 0.6 is 0 Å². The number of hydrogen-bond donors (Lipinski definition) is 1. The molecule has 1 saturated carbocycles. The highest BCUT2D eigenvalue weighted by atomic mass is 19.1. The highest BCUT2D eigenvalue weighted by molar-refractivity contribution is 5.75. The number of ether oxygens (including phenoxy) is 1. The second-order valence-electron chi connectivity index (χ2n) is 7.80. The number of nitrogens with zero attached hydrogens (tertiary/aromatic N) is 2. The number of nitrogens with one attached hydrogen (secondary N) is 1. The Kier molecular flexibility index (Phi) is 5.29. The lowest BCUT2D eigenvalue weighted by Gasteiger charge is -2.35. The van der Waals surface area contributed by atoms with Gasteiger partial charge in [0.1, 0.15) is 5.82 Å². The molecule has 2 amide bonds. The number of benzene rings is 1. The summed E-state index contributed by atoms with van der Waals surface area (Å²) in [5.41, 5.74) is 1.05. The first-order chi connectivity index (χ1) is 12.7. The Morgan fingerprint density at radius 3 is 2.50 bits per heavy atom. The predicted molar refractivity (Wildman–Crippen MR) is 98.8 cm³/mol. The third-order valence-corrected chi connectivity index (χ3v) is 5.74. The predicted octanol–water partition coefficient (Wildman–Crippen LogP) is 3.01. The van der Waals surface area contributed by atoms with Crippen LogP contribution in [0.15, 0.2) is 24.3 Å². The number of halogens is 1. The van der Waals surface area contributed by atoms with Crippen molar-refractivity contribution >= 4 is 11.7 Å². The maximum Gasteiger partial charge on any atom is 0.317 e. The lowest BCUT2D eigenvalue weighted by Crippen LogP contribution is -2.51. The van der Waals surface area contributed by atoms with Crippen LogP contribution < -0.4 is 10.2 Å². The molecule has 2 heterocycles. The van der Waals surface area contributed by atoms with Crippen molar-refractivity contribution in [2.45, 2.75) is 44.2 Å². The SMILES string of the molecule is O=C(NC1CCN(c2ccc(F)cc2)CC1)N(C[C@H]1CCOC1)C1CC1. The van der Waals surface area contributed by atoms with Crippen LogP contribution in [0.5, 0.6) is 0 Å². The zero-order chi connectivity index (χ0) is 17.9. The summed E-state index contributed by atoms with van der Waals surface area (Å²) in [7, 11) is 0. The van der Waals surface area contributed by atoms with Gasteiger partial charge in [0.25, 0.3) is 0 Å². The summed E-state index contributed by atoms with van der Waals surface area (Å²) in [6.45, 7) is 4.21. The van der Waals surface area contributed by atoms with Crippen molar-refractivity contribution in [1.82, 2.24) is 10.2 Å². The Hall–Kier alpha value is -1.82. The summed E-state index contributed by atoms with van der Waals surface area (Å²) in [6.07, 6.45) is 5.17. The van der Waals surface area contributed by atoms with Gasteiger partial charge in [-0.3, -0.25) is 0 Å². The van der Waals surface area contributed by atoms with Gasteiger partial charge in [0.05, 0.1) is 6.61 Å². The van der Waals surface area contributed by atoms with E-state index >= 15 is 0 Å². The fraction of sp³-hybridized carbons (Fsp3) is 0.650. The standard InChI is InChI=1S/C20H28FN3O2/c21-16-1-3-18(4-2-16)23-10-7-17(8-11-23)22-20(25)24(19-5-6-19)13-15-9-12-26-14-15/h1-4,15,17,19H,5-14H2,(H,22,25)/t15-/m1/s1. The largest absolute Gasteiger partial charge is 0.381 e. The van der Waals surface area contributed by atoms with Gasteiger partial charge in [-0.15, -0.1) is 0 Å². The number of hydrogen-bond acceptors (Lipinski definition) is 3. The number of piperidine rings is 1. The number of rotatable bonds is 5. The van der Waals surface area contributed by atoms with E-state index in [-0.39, 0.29) is 17.9 Å². The van der Waals surface area contributed by atoms with Crippen molar-refractivity contribution in [3.8, 4) is 0 Å². The average molecular weight is 361 g/mol. The van der Waals surface area contributed by atoms with E-state index in [0.717, 1.165) is 70.6 Å². The van der Waals surface area contributed by atoms with Gasteiger partial charge in [-0.05, 0) is 56.4 Å². The van der Waals surface area contributed by atoms with E-state index in [4.69, 9.17) is 4.74 Å². The molecule has 0 radical (unpaired) electrons. The number of anilines is 1. The number of amides is 2. The zero-order valence-electron chi connectivity index (χ0n) is 15.2. The van der Waals surface area contributed by atoms with Crippen molar-refractivity contribution in [3.05, 3.63) is 30.1 Å². The molecule has 1 atom stereocenters. The molecular formula is C20H28FN3O2. The number of carbonyl (C=O) groups excluding carboxylic acids is 1. The van der Waals surface area contributed by atoms with Crippen LogP contribution in [0.2, 0.25) is 0 Å². The van der Waals surface area contributed by atoms with Gasteiger partial charge < -0.3 is 19.9 Å². The quantitative estimate of drug-likeness (QED) is 0.877. The minimum absolute atomic E-state index is 0.0969. The third-order valence-electron chi connectivity index (χ3n) is 5.74. The molecule has 26 heavy (non-hydrogen) atoms. The zero-order valence-corrected chi connectivity index (χ0v) is 15.2. The first kappa shape index (κ1) is 17.6. The summed E-state index contributed by atoms with van der Waals surface area (Å²) in [6, 6.07) is 7.40. The summed E-state index contributed by atoms with van der Waals surface area (Å²) in [4.78, 5) is 17.1. The molecule has 1 N–H and O–H groups in total. The lowest BCUT2D eigenvalue weighted by atomic mass is 10.0. The molecule has 1 aromatic rings. The minimum Gasteiger partial charge on any atom is -0.381 e. The minimum atomic E-state index is -0.205. The molecule has 5 nitrogen and oxygen atoms in total. The first-order valence-electron chi connectivity index (χ1n) is 9.84. The topological polar surface area (TPSA) is 44.8 Å². The van der Waals surface area contributed by atoms with Crippen molar-refractivity contribution in [1.29, 1.82) is 0 Å². The van der Waals surface area contributed by atoms with Crippen LogP contribution in [-0.2, 0) is 4.74 Å². The molecule has 1 aliphatic carbocycles. The van der Waals surface area contributed by atoms with Crippen LogP contribution in [0.3, 0.4) is 0 Å². The Morgan fingerprint density at radius 1 is 1.15 bits per heavy atom.